The van der Waals surface area contributed by atoms with Gasteiger partial charge in [-0.3, -0.25) is 0 Å². The molecule has 1 N–H and O–H groups in total. The average molecular weight is 315 g/mol. The van der Waals surface area contributed by atoms with Gasteiger partial charge in [0.2, 0.25) is 0 Å². The molecule has 0 aromatic carbocycles. The lowest BCUT2D eigenvalue weighted by Crippen LogP contribution is -2.32. The molecule has 0 aromatic heterocycles. The zero-order chi connectivity index (χ0) is 17.2. The Morgan fingerprint density at radius 3 is 1.82 bits per heavy atom. The van der Waals surface area contributed by atoms with Gasteiger partial charge >= 0.3 is 0 Å². The highest BCUT2D eigenvalue weighted by Gasteiger charge is 2.25. The first-order valence-electron chi connectivity index (χ1n) is 9.46. The summed E-state index contributed by atoms with van der Waals surface area (Å²) in [5.41, 5.74) is -0.607. The minimum Gasteiger partial charge on any atom is -0.390 e. The Hall–Kier alpha value is -0.0800. The molecule has 0 heterocycles. The molecule has 0 saturated carbocycles. The summed E-state index contributed by atoms with van der Waals surface area (Å²) in [6, 6.07) is 0. The smallest absolute Gasteiger partial charge is 0.0652 e. The molecule has 22 heavy (non-hydrogen) atoms. The molecule has 0 fully saturated rings. The first-order chi connectivity index (χ1) is 10.1. The van der Waals surface area contributed by atoms with Gasteiger partial charge in [0, 0.05) is 0 Å². The SMILES string of the molecule is CCC(C)(CCCC(C)C)OCCC(C)(O)CCCC(C)C. The molecule has 0 aliphatic heterocycles. The van der Waals surface area contributed by atoms with Crippen molar-refractivity contribution in [1.29, 1.82) is 0 Å². The fourth-order valence-corrected chi connectivity index (χ4v) is 2.77. The van der Waals surface area contributed by atoms with Gasteiger partial charge in [0.1, 0.15) is 0 Å². The lowest BCUT2D eigenvalue weighted by Gasteiger charge is -2.31. The highest BCUT2D eigenvalue weighted by atomic mass is 16.5. The molecule has 134 valence electrons. The van der Waals surface area contributed by atoms with E-state index < -0.39 is 5.60 Å². The van der Waals surface area contributed by atoms with Gasteiger partial charge in [-0.15, -0.1) is 0 Å². The van der Waals surface area contributed by atoms with Crippen molar-refractivity contribution in [3.05, 3.63) is 0 Å². The van der Waals surface area contributed by atoms with Gasteiger partial charge in [-0.2, -0.15) is 0 Å². The maximum absolute atomic E-state index is 10.5. The summed E-state index contributed by atoms with van der Waals surface area (Å²) in [4.78, 5) is 0. The number of hydrogen-bond donors (Lipinski definition) is 1. The van der Waals surface area contributed by atoms with Crippen LogP contribution in [0.15, 0.2) is 0 Å². The van der Waals surface area contributed by atoms with Crippen LogP contribution in [0.2, 0.25) is 0 Å². The molecular weight excluding hydrogens is 272 g/mol. The molecule has 0 aliphatic carbocycles. The third-order valence-corrected chi connectivity index (χ3v) is 4.82. The van der Waals surface area contributed by atoms with Crippen molar-refractivity contribution in [2.24, 2.45) is 11.8 Å². The molecule has 0 rings (SSSR count). The first-order valence-corrected chi connectivity index (χ1v) is 9.46. The molecule has 0 spiro atoms. The molecule has 2 atom stereocenters. The van der Waals surface area contributed by atoms with Crippen LogP contribution < -0.4 is 0 Å². The van der Waals surface area contributed by atoms with Crippen LogP contribution in [0.3, 0.4) is 0 Å². The van der Waals surface area contributed by atoms with Crippen molar-refractivity contribution in [2.75, 3.05) is 6.61 Å². The Bertz CT molecular complexity index is 271. The summed E-state index contributed by atoms with van der Waals surface area (Å²) in [6.07, 6.45) is 8.58. The third kappa shape index (κ3) is 11.5. The monoisotopic (exact) mass is 314 g/mol. The van der Waals surface area contributed by atoms with Crippen molar-refractivity contribution in [3.63, 3.8) is 0 Å². The van der Waals surface area contributed by atoms with Crippen LogP contribution >= 0.6 is 0 Å². The largest absolute Gasteiger partial charge is 0.390 e. The van der Waals surface area contributed by atoms with E-state index in [1.165, 1.54) is 19.3 Å². The second-order valence-electron chi connectivity index (χ2n) is 8.47. The van der Waals surface area contributed by atoms with Gasteiger partial charge in [0.25, 0.3) is 0 Å². The van der Waals surface area contributed by atoms with Crippen LogP contribution in [0.25, 0.3) is 0 Å². The van der Waals surface area contributed by atoms with E-state index >= 15 is 0 Å². The summed E-state index contributed by atoms with van der Waals surface area (Å²) in [5.74, 6) is 1.49. The van der Waals surface area contributed by atoms with E-state index in [1.807, 2.05) is 6.92 Å². The van der Waals surface area contributed by atoms with Crippen LogP contribution in [0.4, 0.5) is 0 Å². The Balaban J connectivity index is 4.05. The molecule has 0 saturated heterocycles. The molecule has 0 radical (unpaired) electrons. The van der Waals surface area contributed by atoms with E-state index in [4.69, 9.17) is 4.74 Å². The maximum Gasteiger partial charge on any atom is 0.0652 e. The van der Waals surface area contributed by atoms with Crippen LogP contribution in [-0.2, 0) is 4.74 Å². The molecular formula is C20H42O2. The summed E-state index contributed by atoms with van der Waals surface area (Å²) in [5, 5.41) is 10.5. The zero-order valence-electron chi connectivity index (χ0n) is 16.4. The molecule has 2 unspecified atom stereocenters. The average Bonchev–Trinajstić information content (AvgIpc) is 2.37. The van der Waals surface area contributed by atoms with Crippen molar-refractivity contribution in [2.45, 2.75) is 111 Å². The van der Waals surface area contributed by atoms with Crippen LogP contribution in [0, 0.1) is 11.8 Å². The molecule has 0 aliphatic rings. The predicted octanol–water partition coefficient (Wildman–Crippen LogP) is 5.97. The second kappa shape index (κ2) is 10.6. The van der Waals surface area contributed by atoms with Crippen molar-refractivity contribution < 1.29 is 9.84 Å². The summed E-state index contributed by atoms with van der Waals surface area (Å²) in [7, 11) is 0. The van der Waals surface area contributed by atoms with Crippen molar-refractivity contribution in [1.82, 2.24) is 0 Å². The van der Waals surface area contributed by atoms with E-state index in [0.29, 0.717) is 6.61 Å². The minimum atomic E-state index is -0.582. The quantitative estimate of drug-likeness (QED) is 0.454. The summed E-state index contributed by atoms with van der Waals surface area (Å²) >= 11 is 0. The van der Waals surface area contributed by atoms with Crippen LogP contribution in [-0.4, -0.2) is 22.9 Å². The molecule has 2 heteroatoms. The van der Waals surface area contributed by atoms with E-state index in [9.17, 15) is 5.11 Å². The fraction of sp³-hybridized carbons (Fsp3) is 1.00. The van der Waals surface area contributed by atoms with Gasteiger partial charge in [-0.25, -0.2) is 0 Å². The van der Waals surface area contributed by atoms with E-state index in [0.717, 1.165) is 43.9 Å². The van der Waals surface area contributed by atoms with Gasteiger partial charge in [-0.05, 0) is 51.4 Å². The van der Waals surface area contributed by atoms with Gasteiger partial charge in [0.15, 0.2) is 0 Å². The normalized spacial score (nSPS) is 17.7. The highest BCUT2D eigenvalue weighted by molar-refractivity contribution is 4.77. The van der Waals surface area contributed by atoms with Gasteiger partial charge in [0.05, 0.1) is 17.8 Å². The topological polar surface area (TPSA) is 29.5 Å². The number of hydrogen-bond acceptors (Lipinski definition) is 2. The van der Waals surface area contributed by atoms with E-state index in [2.05, 4.69) is 41.5 Å². The summed E-state index contributed by atoms with van der Waals surface area (Å²) < 4.78 is 6.16. The Morgan fingerprint density at radius 1 is 0.864 bits per heavy atom. The Kier molecular flexibility index (Phi) is 10.6. The third-order valence-electron chi connectivity index (χ3n) is 4.82. The van der Waals surface area contributed by atoms with Gasteiger partial charge in [-0.1, -0.05) is 60.3 Å². The van der Waals surface area contributed by atoms with Gasteiger partial charge < -0.3 is 9.84 Å². The molecule has 2 nitrogen and oxygen atoms in total. The first kappa shape index (κ1) is 21.9. The number of aliphatic hydroxyl groups is 1. The number of ether oxygens (including phenoxy) is 1. The highest BCUT2D eigenvalue weighted by Crippen LogP contribution is 2.26. The Labute approximate surface area is 140 Å². The molecule has 0 bridgehead atoms. The van der Waals surface area contributed by atoms with Crippen LogP contribution in [0.1, 0.15) is 99.8 Å². The van der Waals surface area contributed by atoms with E-state index in [-0.39, 0.29) is 5.60 Å². The Morgan fingerprint density at radius 2 is 1.36 bits per heavy atom. The molecule has 0 aromatic rings. The lowest BCUT2D eigenvalue weighted by molar-refractivity contribution is -0.0696. The second-order valence-corrected chi connectivity index (χ2v) is 8.47. The maximum atomic E-state index is 10.5. The number of rotatable bonds is 13. The van der Waals surface area contributed by atoms with E-state index in [1.54, 1.807) is 0 Å². The standard InChI is InChI=1S/C20H42O2/c1-8-20(7,14-10-12-18(4)5)22-16-15-19(6,21)13-9-11-17(2)3/h17-18,21H,8-16H2,1-7H3. The van der Waals surface area contributed by atoms with Crippen molar-refractivity contribution in [3.8, 4) is 0 Å². The zero-order valence-corrected chi connectivity index (χ0v) is 16.4. The summed E-state index contributed by atoms with van der Waals surface area (Å²) in [6.45, 7) is 16.1. The molecule has 0 amide bonds. The lowest BCUT2D eigenvalue weighted by atomic mass is 9.92. The fourth-order valence-electron chi connectivity index (χ4n) is 2.77. The minimum absolute atomic E-state index is 0.0249. The van der Waals surface area contributed by atoms with Crippen molar-refractivity contribution >= 4 is 0 Å². The van der Waals surface area contributed by atoms with Crippen LogP contribution in [0.5, 0.6) is 0 Å². The predicted molar refractivity (Wildman–Crippen MR) is 97.3 cm³/mol.